The normalized spacial score (nSPS) is 19.4. The summed E-state index contributed by atoms with van der Waals surface area (Å²) >= 11 is 0. The van der Waals surface area contributed by atoms with Gasteiger partial charge in [-0.25, -0.2) is 4.18 Å². The summed E-state index contributed by atoms with van der Waals surface area (Å²) in [6.45, 7) is 4.00. The van der Waals surface area contributed by atoms with Gasteiger partial charge in [0, 0.05) is 13.0 Å². The SMILES string of the molecule is CCCCC/C=C\C/C=C\C/C=C\CCCCCCCCC(=O)OC(COCCCCCCCCCCCCCCCCCCCCCCCCC)COC1OC(CO)C(O)C(OS(=O)(=O)O)C1O. The predicted octanol–water partition coefficient (Wildman–Crippen LogP) is 13.7. The molecule has 0 amide bonds. The first-order valence-electron chi connectivity index (χ1n) is 28.2. The van der Waals surface area contributed by atoms with Crippen molar-refractivity contribution >= 4 is 16.4 Å². The van der Waals surface area contributed by atoms with Crippen LogP contribution in [-0.4, -0.2) is 97.5 Å². The Morgan fingerprint density at radius 3 is 1.42 bits per heavy atom. The van der Waals surface area contributed by atoms with Gasteiger partial charge in [-0.15, -0.1) is 0 Å². The van der Waals surface area contributed by atoms with Crippen molar-refractivity contribution in [2.45, 2.75) is 288 Å². The zero-order chi connectivity index (χ0) is 50.3. The van der Waals surface area contributed by atoms with E-state index in [1.165, 1.54) is 154 Å². The first-order valence-corrected chi connectivity index (χ1v) is 29.6. The van der Waals surface area contributed by atoms with E-state index in [-0.39, 0.29) is 19.6 Å². The third-order valence-corrected chi connectivity index (χ3v) is 13.5. The lowest BCUT2D eigenvalue weighted by molar-refractivity contribution is -0.301. The highest BCUT2D eigenvalue weighted by Crippen LogP contribution is 2.26. The minimum absolute atomic E-state index is 0.0339. The van der Waals surface area contributed by atoms with E-state index in [1.807, 2.05) is 0 Å². The van der Waals surface area contributed by atoms with Crippen LogP contribution in [0.3, 0.4) is 0 Å². The van der Waals surface area contributed by atoms with E-state index in [0.717, 1.165) is 70.6 Å². The summed E-state index contributed by atoms with van der Waals surface area (Å²) in [6.07, 6.45) is 48.9. The molecule has 0 aromatic carbocycles. The quantitative estimate of drug-likeness (QED) is 0.0196. The Morgan fingerprint density at radius 1 is 0.551 bits per heavy atom. The van der Waals surface area contributed by atoms with Crippen LogP contribution in [0.5, 0.6) is 0 Å². The molecule has 1 aliphatic heterocycles. The van der Waals surface area contributed by atoms with Crippen LogP contribution in [0.15, 0.2) is 36.5 Å². The number of hydrogen-bond donors (Lipinski definition) is 4. The molecule has 1 fully saturated rings. The van der Waals surface area contributed by atoms with Crippen LogP contribution < -0.4 is 0 Å². The van der Waals surface area contributed by atoms with Gasteiger partial charge in [0.15, 0.2) is 6.29 Å². The first-order chi connectivity index (χ1) is 33.6. The highest BCUT2D eigenvalue weighted by atomic mass is 32.3. The first kappa shape index (κ1) is 65.3. The van der Waals surface area contributed by atoms with E-state index < -0.39 is 59.8 Å². The standard InChI is InChI=1S/C56H104O12S/c1-3-5-7-9-11-13-15-17-19-21-23-24-25-26-28-30-32-34-36-38-40-42-44-46-64-48-50(49-65-56-54(60)55(68-69(61,62)63)53(59)51(47-57)67-56)66-52(58)45-43-41-39-37-35-33-31-29-27-22-20-18-16-14-12-10-8-6-4-2/h12,14,18,20,27,29,50-51,53-57,59-60H,3-11,13,15-17,19,21-26,28,30-49H2,1-2H3,(H,61,62,63)/b14-12-,20-18-,29-27-. The van der Waals surface area contributed by atoms with Crippen LogP contribution in [0.4, 0.5) is 0 Å². The Labute approximate surface area is 422 Å². The van der Waals surface area contributed by atoms with E-state index in [2.05, 4.69) is 54.5 Å². The average molecular weight is 1000 g/mol. The van der Waals surface area contributed by atoms with Gasteiger partial charge in [0.2, 0.25) is 0 Å². The Hall–Kier alpha value is -1.68. The van der Waals surface area contributed by atoms with Crippen LogP contribution in [0, 0.1) is 0 Å². The van der Waals surface area contributed by atoms with Gasteiger partial charge in [-0.1, -0.05) is 230 Å². The molecule has 0 aromatic rings. The molecule has 0 bridgehead atoms. The van der Waals surface area contributed by atoms with Crippen LogP contribution in [-0.2, 0) is 38.3 Å². The fraction of sp³-hybridized carbons (Fsp3) is 0.875. The summed E-state index contributed by atoms with van der Waals surface area (Å²) in [5, 5.41) is 30.8. The molecule has 1 rings (SSSR count). The predicted molar refractivity (Wildman–Crippen MR) is 280 cm³/mol. The molecule has 69 heavy (non-hydrogen) atoms. The monoisotopic (exact) mass is 1000 g/mol. The number of rotatable bonds is 50. The van der Waals surface area contributed by atoms with Crippen LogP contribution in [0.1, 0.15) is 251 Å². The molecule has 1 heterocycles. The Kier molecular flexibility index (Phi) is 44.8. The molecule has 0 spiro atoms. The van der Waals surface area contributed by atoms with Crippen molar-refractivity contribution < 1.29 is 56.2 Å². The summed E-state index contributed by atoms with van der Waals surface area (Å²) < 4.78 is 59.4. The number of unbranched alkanes of at least 4 members (excludes halogenated alkanes) is 31. The summed E-state index contributed by atoms with van der Waals surface area (Å²) in [7, 11) is -5.07. The maximum Gasteiger partial charge on any atom is 0.397 e. The Bertz CT molecular complexity index is 1340. The smallest absolute Gasteiger partial charge is 0.397 e. The molecular weight excluding hydrogens is 897 g/mol. The molecule has 406 valence electrons. The average Bonchev–Trinajstić information content (AvgIpc) is 3.32. The van der Waals surface area contributed by atoms with Gasteiger partial charge < -0.3 is 34.3 Å². The molecular formula is C56H104O12S. The van der Waals surface area contributed by atoms with Gasteiger partial charge in [-0.3, -0.25) is 9.35 Å². The molecule has 6 unspecified atom stereocenters. The molecule has 0 radical (unpaired) electrons. The summed E-state index contributed by atoms with van der Waals surface area (Å²) in [5.41, 5.74) is 0. The number of esters is 1. The van der Waals surface area contributed by atoms with Gasteiger partial charge in [-0.05, 0) is 51.4 Å². The fourth-order valence-electron chi connectivity index (χ4n) is 8.74. The zero-order valence-corrected chi connectivity index (χ0v) is 44.7. The van der Waals surface area contributed by atoms with Crippen LogP contribution in [0.25, 0.3) is 0 Å². The lowest BCUT2D eigenvalue weighted by Gasteiger charge is -2.41. The van der Waals surface area contributed by atoms with Crippen LogP contribution >= 0.6 is 0 Å². The molecule has 0 aromatic heterocycles. The lowest BCUT2D eigenvalue weighted by atomic mass is 9.99. The lowest BCUT2D eigenvalue weighted by Crippen LogP contribution is -2.60. The zero-order valence-electron chi connectivity index (χ0n) is 43.9. The van der Waals surface area contributed by atoms with E-state index >= 15 is 0 Å². The fourth-order valence-corrected chi connectivity index (χ4v) is 9.25. The van der Waals surface area contributed by atoms with Crippen molar-refractivity contribution in [1.82, 2.24) is 0 Å². The molecule has 1 aliphatic rings. The number of allylic oxidation sites excluding steroid dienone is 6. The van der Waals surface area contributed by atoms with E-state index in [4.69, 9.17) is 18.9 Å². The number of hydrogen-bond acceptors (Lipinski definition) is 11. The minimum atomic E-state index is -5.07. The summed E-state index contributed by atoms with van der Waals surface area (Å²) in [4.78, 5) is 12.9. The van der Waals surface area contributed by atoms with Gasteiger partial charge >= 0.3 is 16.4 Å². The Morgan fingerprint density at radius 2 is 0.957 bits per heavy atom. The topological polar surface area (TPSA) is 178 Å². The molecule has 4 N–H and O–H groups in total. The van der Waals surface area contributed by atoms with Gasteiger partial charge in [0.05, 0.1) is 19.8 Å². The second-order valence-electron chi connectivity index (χ2n) is 19.5. The maximum absolute atomic E-state index is 12.9. The van der Waals surface area contributed by atoms with Crippen molar-refractivity contribution in [3.8, 4) is 0 Å². The van der Waals surface area contributed by atoms with Crippen molar-refractivity contribution in [3.63, 3.8) is 0 Å². The molecule has 12 nitrogen and oxygen atoms in total. The van der Waals surface area contributed by atoms with Crippen LogP contribution in [0.2, 0.25) is 0 Å². The molecule has 0 saturated carbocycles. The van der Waals surface area contributed by atoms with Crippen molar-refractivity contribution in [2.75, 3.05) is 26.4 Å². The largest absolute Gasteiger partial charge is 0.457 e. The minimum Gasteiger partial charge on any atom is -0.457 e. The molecule has 0 aliphatic carbocycles. The third-order valence-electron chi connectivity index (χ3n) is 13.0. The number of ether oxygens (including phenoxy) is 4. The highest BCUT2D eigenvalue weighted by molar-refractivity contribution is 7.80. The van der Waals surface area contributed by atoms with Crippen molar-refractivity contribution in [2.24, 2.45) is 0 Å². The number of aliphatic hydroxyl groups is 3. The molecule has 1 saturated heterocycles. The third kappa shape index (κ3) is 40.5. The van der Waals surface area contributed by atoms with Crippen molar-refractivity contribution in [1.29, 1.82) is 0 Å². The summed E-state index contributed by atoms with van der Waals surface area (Å²) in [6, 6.07) is 0. The molecule has 13 heteroatoms. The second kappa shape index (κ2) is 47.3. The van der Waals surface area contributed by atoms with Gasteiger partial charge in [0.25, 0.3) is 0 Å². The van der Waals surface area contributed by atoms with Gasteiger partial charge in [0.1, 0.15) is 30.5 Å². The maximum atomic E-state index is 12.9. The number of aliphatic hydroxyl groups excluding tert-OH is 3. The second-order valence-corrected chi connectivity index (χ2v) is 20.6. The number of carbonyl (C=O) groups excluding carboxylic acids is 1. The van der Waals surface area contributed by atoms with E-state index in [1.54, 1.807) is 0 Å². The van der Waals surface area contributed by atoms with E-state index in [0.29, 0.717) is 13.0 Å². The van der Waals surface area contributed by atoms with E-state index in [9.17, 15) is 33.1 Å². The number of carbonyl (C=O) groups is 1. The highest BCUT2D eigenvalue weighted by Gasteiger charge is 2.48. The molecule has 6 atom stereocenters. The van der Waals surface area contributed by atoms with Gasteiger partial charge in [-0.2, -0.15) is 8.42 Å². The summed E-state index contributed by atoms with van der Waals surface area (Å²) in [5.74, 6) is -0.407. The Balaban J connectivity index is 2.31. The van der Waals surface area contributed by atoms with Crippen molar-refractivity contribution in [3.05, 3.63) is 36.5 Å².